The fraction of sp³-hybridized carbons (Fsp3) is 0.346. The first-order valence-electron chi connectivity index (χ1n) is 12.3. The summed E-state index contributed by atoms with van der Waals surface area (Å²) < 4.78 is 0. The molecule has 1 saturated carbocycles. The van der Waals surface area contributed by atoms with E-state index in [9.17, 15) is 9.59 Å². The van der Waals surface area contributed by atoms with Crippen molar-refractivity contribution in [1.29, 1.82) is 0 Å². The SMILES string of the molecule is O=C(Cc1ccccc1)Nc1nnc(C2CCCCC(c3nnc(NC(=O)Cc4cccnc4)s3)C2)s1. The number of nitrogens with one attached hydrogen (secondary N) is 2. The zero-order valence-corrected chi connectivity index (χ0v) is 21.8. The van der Waals surface area contributed by atoms with Gasteiger partial charge in [0.1, 0.15) is 10.0 Å². The van der Waals surface area contributed by atoms with Gasteiger partial charge >= 0.3 is 0 Å². The molecule has 3 heterocycles. The van der Waals surface area contributed by atoms with E-state index in [4.69, 9.17) is 0 Å². The molecule has 37 heavy (non-hydrogen) atoms. The number of aromatic nitrogens is 5. The van der Waals surface area contributed by atoms with Gasteiger partial charge < -0.3 is 10.6 Å². The number of benzene rings is 1. The lowest BCUT2D eigenvalue weighted by molar-refractivity contribution is -0.116. The van der Waals surface area contributed by atoms with Crippen molar-refractivity contribution in [3.05, 3.63) is 76.0 Å². The summed E-state index contributed by atoms with van der Waals surface area (Å²) in [6, 6.07) is 13.3. The Hall–Kier alpha value is -3.57. The number of anilines is 2. The Morgan fingerprint density at radius 2 is 1.32 bits per heavy atom. The molecule has 0 saturated heterocycles. The molecule has 1 fully saturated rings. The van der Waals surface area contributed by atoms with Crippen molar-refractivity contribution in [3.8, 4) is 0 Å². The summed E-state index contributed by atoms with van der Waals surface area (Å²) in [5.41, 5.74) is 1.81. The van der Waals surface area contributed by atoms with Crippen molar-refractivity contribution in [2.75, 3.05) is 10.6 Å². The van der Waals surface area contributed by atoms with Gasteiger partial charge in [0, 0.05) is 24.2 Å². The van der Waals surface area contributed by atoms with Gasteiger partial charge in [0.25, 0.3) is 0 Å². The molecule has 1 aromatic carbocycles. The average molecular weight is 534 g/mol. The van der Waals surface area contributed by atoms with Crippen molar-refractivity contribution >= 4 is 44.8 Å². The zero-order valence-electron chi connectivity index (χ0n) is 20.2. The van der Waals surface area contributed by atoms with Gasteiger partial charge in [-0.3, -0.25) is 14.6 Å². The van der Waals surface area contributed by atoms with Crippen LogP contribution in [0.2, 0.25) is 0 Å². The van der Waals surface area contributed by atoms with Crippen LogP contribution in [0.3, 0.4) is 0 Å². The van der Waals surface area contributed by atoms with Crippen LogP contribution in [-0.4, -0.2) is 37.2 Å². The first-order chi connectivity index (χ1) is 18.1. The molecule has 3 aromatic heterocycles. The minimum absolute atomic E-state index is 0.0976. The van der Waals surface area contributed by atoms with Gasteiger partial charge in [-0.2, -0.15) is 0 Å². The summed E-state index contributed by atoms with van der Waals surface area (Å²) in [6.45, 7) is 0. The molecule has 2 N–H and O–H groups in total. The number of carbonyl (C=O) groups is 2. The van der Waals surface area contributed by atoms with Crippen LogP contribution in [0.5, 0.6) is 0 Å². The zero-order chi connectivity index (χ0) is 25.5. The first-order valence-corrected chi connectivity index (χ1v) is 13.9. The number of amides is 2. The van der Waals surface area contributed by atoms with Crippen molar-refractivity contribution < 1.29 is 9.59 Å². The van der Waals surface area contributed by atoms with E-state index in [1.54, 1.807) is 12.4 Å². The predicted molar refractivity (Wildman–Crippen MR) is 144 cm³/mol. The highest BCUT2D eigenvalue weighted by Crippen LogP contribution is 2.42. The summed E-state index contributed by atoms with van der Waals surface area (Å²) in [5, 5.41) is 26.0. The quantitative estimate of drug-likeness (QED) is 0.306. The Labute approximate surface area is 222 Å². The molecule has 2 atom stereocenters. The fourth-order valence-electron chi connectivity index (χ4n) is 4.51. The van der Waals surface area contributed by atoms with Crippen LogP contribution in [0.1, 0.15) is 65.1 Å². The summed E-state index contributed by atoms with van der Waals surface area (Å²) in [5.74, 6) is 0.260. The summed E-state index contributed by atoms with van der Waals surface area (Å²) in [7, 11) is 0. The highest BCUT2D eigenvalue weighted by atomic mass is 32.1. The summed E-state index contributed by atoms with van der Waals surface area (Å²) in [4.78, 5) is 28.9. The van der Waals surface area contributed by atoms with E-state index in [2.05, 4.69) is 36.0 Å². The van der Waals surface area contributed by atoms with Crippen LogP contribution in [0.4, 0.5) is 10.3 Å². The largest absolute Gasteiger partial charge is 0.300 e. The van der Waals surface area contributed by atoms with Crippen molar-refractivity contribution in [2.24, 2.45) is 0 Å². The van der Waals surface area contributed by atoms with E-state index in [1.807, 2.05) is 42.5 Å². The van der Waals surface area contributed by atoms with Crippen LogP contribution in [0.25, 0.3) is 0 Å². The topological polar surface area (TPSA) is 123 Å². The number of nitrogens with zero attached hydrogens (tertiary/aromatic N) is 5. The lowest BCUT2D eigenvalue weighted by Crippen LogP contribution is -2.14. The third-order valence-electron chi connectivity index (χ3n) is 6.29. The molecule has 0 bridgehead atoms. The molecule has 0 spiro atoms. The maximum atomic E-state index is 12.4. The maximum Gasteiger partial charge on any atom is 0.230 e. The molecular weight excluding hydrogens is 506 g/mol. The van der Waals surface area contributed by atoms with E-state index < -0.39 is 0 Å². The number of carbonyl (C=O) groups excluding carboxylic acids is 2. The maximum absolute atomic E-state index is 12.4. The summed E-state index contributed by atoms with van der Waals surface area (Å²) in [6.07, 6.45) is 9.06. The molecule has 4 aromatic rings. The molecule has 1 aliphatic rings. The third kappa shape index (κ3) is 7.01. The lowest BCUT2D eigenvalue weighted by atomic mass is 9.94. The Kier molecular flexibility index (Phi) is 8.21. The fourth-order valence-corrected chi connectivity index (χ4v) is 6.32. The number of pyridine rings is 1. The van der Waals surface area contributed by atoms with Crippen LogP contribution in [-0.2, 0) is 22.4 Å². The first kappa shape index (κ1) is 25.1. The summed E-state index contributed by atoms with van der Waals surface area (Å²) >= 11 is 2.89. The predicted octanol–water partition coefficient (Wildman–Crippen LogP) is 4.98. The van der Waals surface area contributed by atoms with E-state index in [0.29, 0.717) is 16.7 Å². The van der Waals surface area contributed by atoms with Gasteiger partial charge in [-0.15, -0.1) is 20.4 Å². The van der Waals surface area contributed by atoms with Crippen LogP contribution in [0.15, 0.2) is 54.9 Å². The molecule has 0 aliphatic heterocycles. The highest BCUT2D eigenvalue weighted by Gasteiger charge is 2.28. The van der Waals surface area contributed by atoms with Crippen LogP contribution >= 0.6 is 22.7 Å². The standard InChI is InChI=1S/C26H27N7O2S2/c34-21(13-17-7-2-1-3-8-17)28-25-32-30-23(36-25)19-10-4-5-11-20(15-19)24-31-33-26(37-24)29-22(35)14-18-9-6-12-27-16-18/h1-3,6-9,12,16,19-20H,4-5,10-11,13-15H2,(H,28,32,34)(H,29,33,35). The van der Waals surface area contributed by atoms with Crippen LogP contribution < -0.4 is 10.6 Å². The van der Waals surface area contributed by atoms with E-state index in [-0.39, 0.29) is 30.1 Å². The van der Waals surface area contributed by atoms with Gasteiger partial charge in [0.2, 0.25) is 22.1 Å². The smallest absolute Gasteiger partial charge is 0.230 e. The molecule has 2 unspecified atom stereocenters. The Balaban J connectivity index is 1.18. The molecule has 11 heteroatoms. The van der Waals surface area contributed by atoms with Gasteiger partial charge in [-0.1, -0.05) is 71.9 Å². The molecule has 5 rings (SSSR count). The van der Waals surface area contributed by atoms with Gasteiger partial charge in [0.15, 0.2) is 0 Å². The normalized spacial score (nSPS) is 17.6. The highest BCUT2D eigenvalue weighted by molar-refractivity contribution is 7.15. The Morgan fingerprint density at radius 3 is 1.89 bits per heavy atom. The number of hydrogen-bond donors (Lipinski definition) is 2. The number of hydrogen-bond acceptors (Lipinski definition) is 9. The lowest BCUT2D eigenvalue weighted by Gasteiger charge is -2.15. The second kappa shape index (κ2) is 12.1. The van der Waals surface area contributed by atoms with Gasteiger partial charge in [-0.05, 0) is 36.5 Å². The molecule has 1 aliphatic carbocycles. The second-order valence-electron chi connectivity index (χ2n) is 9.10. The van der Waals surface area contributed by atoms with Gasteiger partial charge in [-0.25, -0.2) is 0 Å². The van der Waals surface area contributed by atoms with Crippen molar-refractivity contribution in [1.82, 2.24) is 25.4 Å². The molecular formula is C26H27N7O2S2. The molecule has 2 amide bonds. The van der Waals surface area contributed by atoms with Crippen LogP contribution in [0, 0.1) is 0 Å². The van der Waals surface area contributed by atoms with Crippen molar-refractivity contribution in [2.45, 2.75) is 56.8 Å². The monoisotopic (exact) mass is 533 g/mol. The van der Waals surface area contributed by atoms with Crippen molar-refractivity contribution in [3.63, 3.8) is 0 Å². The van der Waals surface area contributed by atoms with Gasteiger partial charge in [0.05, 0.1) is 12.8 Å². The number of rotatable bonds is 8. The average Bonchev–Trinajstić information content (AvgIpc) is 3.49. The second-order valence-corrected chi connectivity index (χ2v) is 11.1. The minimum atomic E-state index is -0.134. The molecule has 190 valence electrons. The third-order valence-corrected chi connectivity index (χ3v) is 8.29. The Morgan fingerprint density at radius 1 is 0.757 bits per heavy atom. The van der Waals surface area contributed by atoms with E-state index >= 15 is 0 Å². The Bertz CT molecular complexity index is 1230. The van der Waals surface area contributed by atoms with E-state index in [0.717, 1.165) is 53.2 Å². The molecule has 0 radical (unpaired) electrons. The molecule has 9 nitrogen and oxygen atoms in total. The van der Waals surface area contributed by atoms with E-state index in [1.165, 1.54) is 22.7 Å². The minimum Gasteiger partial charge on any atom is -0.300 e.